The summed E-state index contributed by atoms with van der Waals surface area (Å²) < 4.78 is 50.4. The average molecular weight is 550 g/mol. The number of ether oxygens (including phenoxy) is 1. The Kier molecular flexibility index (Phi) is 8.63. The Bertz CT molecular complexity index is 1530. The maximum atomic E-state index is 15.7. The smallest absolute Gasteiger partial charge is 0.278 e. The first kappa shape index (κ1) is 28.9. The van der Waals surface area contributed by atoms with Crippen LogP contribution in [0.1, 0.15) is 50.3 Å². The molecule has 0 aliphatic rings. The van der Waals surface area contributed by atoms with Crippen molar-refractivity contribution in [2.24, 2.45) is 0 Å². The fourth-order valence-electron chi connectivity index (χ4n) is 3.52. The summed E-state index contributed by atoms with van der Waals surface area (Å²) in [6.45, 7) is 9.79. The highest BCUT2D eigenvalue weighted by Crippen LogP contribution is 2.28. The van der Waals surface area contributed by atoms with Gasteiger partial charge in [0, 0.05) is 30.2 Å². The van der Waals surface area contributed by atoms with E-state index in [0.717, 1.165) is 15.4 Å². The van der Waals surface area contributed by atoms with Crippen molar-refractivity contribution >= 4 is 11.6 Å². The lowest BCUT2D eigenvalue weighted by molar-refractivity contribution is 0.0734. The molecule has 0 aliphatic carbocycles. The third-order valence-electron chi connectivity index (χ3n) is 5.36. The zero-order valence-corrected chi connectivity index (χ0v) is 22.4. The Hall–Kier alpha value is -3.70. The van der Waals surface area contributed by atoms with Gasteiger partial charge in [-0.15, -0.1) is 0 Å². The molecule has 0 bridgehead atoms. The Labute approximate surface area is 222 Å². The second-order valence-electron chi connectivity index (χ2n) is 8.61. The van der Waals surface area contributed by atoms with Crippen molar-refractivity contribution in [3.8, 4) is 17.3 Å². The fourth-order valence-corrected chi connectivity index (χ4v) is 3.71. The molecule has 0 aliphatic heterocycles. The van der Waals surface area contributed by atoms with E-state index in [1.54, 1.807) is 27.7 Å². The molecule has 0 radical (unpaired) electrons. The minimum Gasteiger partial charge on any atom is -0.485 e. The standard InChI is InChI=1S/C24H21ClF3N5O3.C2H6/c1-12-9-30-22(32-6-5-18(31-32)24(3,4)35)20(28)21(12)33-13(2)7-17(19(25)23(33)34)36-11-16-15(27)8-14(26)10-29-16;1-2/h5-10,35H,11H2,1-4H3;1-2H3. The van der Waals surface area contributed by atoms with Crippen LogP contribution < -0.4 is 10.3 Å². The van der Waals surface area contributed by atoms with Crippen LogP contribution in [0.4, 0.5) is 13.2 Å². The van der Waals surface area contributed by atoms with E-state index in [4.69, 9.17) is 16.3 Å². The van der Waals surface area contributed by atoms with Crippen LogP contribution in [0.3, 0.4) is 0 Å². The summed E-state index contributed by atoms with van der Waals surface area (Å²) in [5.41, 5.74) is -1.39. The third kappa shape index (κ3) is 5.73. The molecule has 0 unspecified atom stereocenters. The number of hydrogen-bond donors (Lipinski definition) is 1. The average Bonchev–Trinajstić information content (AvgIpc) is 3.35. The van der Waals surface area contributed by atoms with Crippen LogP contribution >= 0.6 is 11.6 Å². The van der Waals surface area contributed by atoms with Crippen LogP contribution in [-0.4, -0.2) is 29.4 Å². The minimum atomic E-state index is -1.25. The van der Waals surface area contributed by atoms with E-state index in [1.165, 1.54) is 24.5 Å². The van der Waals surface area contributed by atoms with E-state index in [0.29, 0.717) is 17.3 Å². The van der Waals surface area contributed by atoms with Crippen LogP contribution in [0.25, 0.3) is 11.5 Å². The van der Waals surface area contributed by atoms with E-state index in [-0.39, 0.29) is 33.7 Å². The van der Waals surface area contributed by atoms with Gasteiger partial charge in [-0.3, -0.25) is 14.3 Å². The van der Waals surface area contributed by atoms with Gasteiger partial charge in [-0.2, -0.15) is 5.10 Å². The first-order chi connectivity index (χ1) is 17.9. The van der Waals surface area contributed by atoms with Gasteiger partial charge in [0.15, 0.2) is 17.5 Å². The molecule has 1 N–H and O–H groups in total. The van der Waals surface area contributed by atoms with Gasteiger partial charge in [0.25, 0.3) is 5.56 Å². The molecule has 0 amide bonds. The van der Waals surface area contributed by atoms with Gasteiger partial charge in [-0.1, -0.05) is 25.4 Å². The maximum absolute atomic E-state index is 15.7. The number of aromatic nitrogens is 5. The summed E-state index contributed by atoms with van der Waals surface area (Å²) in [6, 6.07) is 3.58. The summed E-state index contributed by atoms with van der Waals surface area (Å²) in [6.07, 6.45) is 3.66. The van der Waals surface area contributed by atoms with E-state index >= 15 is 4.39 Å². The van der Waals surface area contributed by atoms with Crippen LogP contribution in [0.5, 0.6) is 5.75 Å². The molecule has 0 spiro atoms. The fraction of sp³-hybridized carbons (Fsp3) is 0.308. The monoisotopic (exact) mass is 549 g/mol. The van der Waals surface area contributed by atoms with Crippen LogP contribution in [-0.2, 0) is 12.2 Å². The topological polar surface area (TPSA) is 95.1 Å². The molecule has 0 fully saturated rings. The molecular weight excluding hydrogens is 523 g/mol. The van der Waals surface area contributed by atoms with Gasteiger partial charge in [0.1, 0.15) is 34.5 Å². The molecule has 8 nitrogen and oxygen atoms in total. The Morgan fingerprint density at radius 1 is 1.11 bits per heavy atom. The van der Waals surface area contributed by atoms with Gasteiger partial charge in [0.2, 0.25) is 0 Å². The quantitative estimate of drug-likeness (QED) is 0.349. The summed E-state index contributed by atoms with van der Waals surface area (Å²) in [4.78, 5) is 20.9. The molecule has 0 aromatic carbocycles. The SMILES string of the molecule is CC.Cc1cnc(-n2ccc(C(C)(C)O)n2)c(F)c1-n1c(C)cc(OCc2ncc(F)cc2F)c(Cl)c1=O. The van der Waals surface area contributed by atoms with E-state index < -0.39 is 35.2 Å². The molecule has 0 saturated heterocycles. The summed E-state index contributed by atoms with van der Waals surface area (Å²) in [5, 5.41) is 14.0. The molecule has 12 heteroatoms. The Balaban J connectivity index is 0.00000195. The highest BCUT2D eigenvalue weighted by Gasteiger charge is 2.24. The molecule has 0 saturated carbocycles. The van der Waals surface area contributed by atoms with E-state index in [9.17, 15) is 18.7 Å². The number of rotatable bonds is 6. The lowest BCUT2D eigenvalue weighted by atomic mass is 10.1. The maximum Gasteiger partial charge on any atom is 0.278 e. The van der Waals surface area contributed by atoms with E-state index in [1.807, 2.05) is 13.8 Å². The summed E-state index contributed by atoms with van der Waals surface area (Å²) >= 11 is 6.25. The molecule has 4 aromatic rings. The first-order valence-corrected chi connectivity index (χ1v) is 12.1. The molecule has 4 rings (SSSR count). The molecule has 202 valence electrons. The minimum absolute atomic E-state index is 0.0739. The highest BCUT2D eigenvalue weighted by atomic mass is 35.5. The van der Waals surface area contributed by atoms with Crippen molar-refractivity contribution in [2.75, 3.05) is 0 Å². The highest BCUT2D eigenvalue weighted by molar-refractivity contribution is 6.31. The second-order valence-corrected chi connectivity index (χ2v) is 8.99. The predicted octanol–water partition coefficient (Wildman–Crippen LogP) is 5.33. The van der Waals surface area contributed by atoms with Crippen LogP contribution in [0, 0.1) is 31.3 Å². The normalized spacial score (nSPS) is 11.2. The van der Waals surface area contributed by atoms with Gasteiger partial charge in [0.05, 0.1) is 17.6 Å². The van der Waals surface area contributed by atoms with Crippen molar-refractivity contribution in [3.05, 3.63) is 92.3 Å². The van der Waals surface area contributed by atoms with Gasteiger partial charge in [-0.05, 0) is 39.3 Å². The number of aliphatic hydroxyl groups is 1. The first-order valence-electron chi connectivity index (χ1n) is 11.7. The number of aryl methyl sites for hydroxylation is 2. The second kappa shape index (κ2) is 11.4. The predicted molar refractivity (Wildman–Crippen MR) is 136 cm³/mol. The number of hydrogen-bond acceptors (Lipinski definition) is 6. The largest absolute Gasteiger partial charge is 0.485 e. The number of halogens is 4. The van der Waals surface area contributed by atoms with Gasteiger partial charge < -0.3 is 9.84 Å². The molecular formula is C26H27ClF3N5O3. The lowest BCUT2D eigenvalue weighted by Crippen LogP contribution is -2.24. The van der Waals surface area contributed by atoms with Crippen molar-refractivity contribution in [2.45, 2.75) is 53.8 Å². The van der Waals surface area contributed by atoms with E-state index in [2.05, 4.69) is 15.1 Å². The molecule has 0 atom stereocenters. The number of nitrogens with zero attached hydrogens (tertiary/aromatic N) is 5. The Morgan fingerprint density at radius 2 is 1.79 bits per heavy atom. The Morgan fingerprint density at radius 3 is 2.39 bits per heavy atom. The lowest BCUT2D eigenvalue weighted by Gasteiger charge is -2.18. The zero-order valence-electron chi connectivity index (χ0n) is 21.7. The van der Waals surface area contributed by atoms with Gasteiger partial charge in [-0.25, -0.2) is 22.8 Å². The molecule has 4 heterocycles. The zero-order chi connectivity index (χ0) is 28.4. The van der Waals surface area contributed by atoms with Crippen LogP contribution in [0.2, 0.25) is 5.02 Å². The van der Waals surface area contributed by atoms with Gasteiger partial charge >= 0.3 is 0 Å². The van der Waals surface area contributed by atoms with Crippen molar-refractivity contribution < 1.29 is 23.0 Å². The van der Waals surface area contributed by atoms with Crippen molar-refractivity contribution in [1.82, 2.24) is 24.3 Å². The summed E-state index contributed by atoms with van der Waals surface area (Å²) in [5.74, 6) is -2.85. The molecule has 38 heavy (non-hydrogen) atoms. The molecule has 4 aromatic heterocycles. The number of pyridine rings is 3. The van der Waals surface area contributed by atoms with Crippen LogP contribution in [0.15, 0.2) is 41.6 Å². The third-order valence-corrected chi connectivity index (χ3v) is 5.71. The van der Waals surface area contributed by atoms with Crippen molar-refractivity contribution in [1.29, 1.82) is 0 Å². The van der Waals surface area contributed by atoms with Crippen molar-refractivity contribution in [3.63, 3.8) is 0 Å². The summed E-state index contributed by atoms with van der Waals surface area (Å²) in [7, 11) is 0.